The van der Waals surface area contributed by atoms with Gasteiger partial charge in [-0.05, 0) is 38.3 Å². The molecule has 0 saturated carbocycles. The van der Waals surface area contributed by atoms with Gasteiger partial charge in [-0.3, -0.25) is 4.79 Å². The van der Waals surface area contributed by atoms with E-state index in [1.165, 1.54) is 12.7 Å². The number of likely N-dealkylation sites (tertiary alicyclic amines) is 1. The molecule has 0 aliphatic carbocycles. The van der Waals surface area contributed by atoms with Crippen molar-refractivity contribution >= 4 is 12.0 Å². The van der Waals surface area contributed by atoms with E-state index < -0.39 is 0 Å². The van der Waals surface area contributed by atoms with Gasteiger partial charge in [-0.1, -0.05) is 17.7 Å². The maximum Gasteiger partial charge on any atom is 0.409 e. The number of hydrogen-bond donors (Lipinski definition) is 1. The van der Waals surface area contributed by atoms with E-state index in [1.807, 2.05) is 31.2 Å². The normalized spacial score (nSPS) is 15.0. The van der Waals surface area contributed by atoms with Crippen LogP contribution in [0.1, 0.15) is 31.2 Å². The van der Waals surface area contributed by atoms with Crippen molar-refractivity contribution in [2.45, 2.75) is 38.6 Å². The van der Waals surface area contributed by atoms with Gasteiger partial charge in [-0.15, -0.1) is 0 Å². The van der Waals surface area contributed by atoms with E-state index in [1.54, 1.807) is 4.90 Å². The lowest BCUT2D eigenvalue weighted by molar-refractivity contribution is -0.122. The quantitative estimate of drug-likeness (QED) is 0.812. The second-order valence-corrected chi connectivity index (χ2v) is 6.06. The van der Waals surface area contributed by atoms with Gasteiger partial charge in [0.1, 0.15) is 5.75 Å². The number of carbonyl (C=O) groups is 2. The predicted octanol–water partition coefficient (Wildman–Crippen LogP) is 2.50. The summed E-state index contributed by atoms with van der Waals surface area (Å²) in [4.78, 5) is 25.0. The monoisotopic (exact) mass is 334 g/mol. The molecule has 1 aromatic carbocycles. The highest BCUT2D eigenvalue weighted by molar-refractivity contribution is 5.76. The van der Waals surface area contributed by atoms with Gasteiger partial charge in [0, 0.05) is 25.6 Å². The zero-order valence-corrected chi connectivity index (χ0v) is 14.4. The first-order chi connectivity index (χ1) is 11.6. The number of benzene rings is 1. The van der Waals surface area contributed by atoms with E-state index in [9.17, 15) is 9.59 Å². The van der Waals surface area contributed by atoms with Crippen LogP contribution in [-0.4, -0.2) is 49.7 Å². The van der Waals surface area contributed by atoms with Gasteiger partial charge in [0.25, 0.3) is 0 Å². The third-order valence-corrected chi connectivity index (χ3v) is 4.13. The fraction of sp³-hybridized carbons (Fsp3) is 0.556. The maximum absolute atomic E-state index is 12.0. The fourth-order valence-corrected chi connectivity index (χ4v) is 2.69. The Kier molecular flexibility index (Phi) is 6.90. The molecular formula is C18H26N2O4. The summed E-state index contributed by atoms with van der Waals surface area (Å²) in [5.74, 6) is 0.871. The van der Waals surface area contributed by atoms with E-state index in [4.69, 9.17) is 9.47 Å². The lowest BCUT2D eigenvalue weighted by Gasteiger charge is -2.31. The maximum atomic E-state index is 12.0. The molecule has 0 unspecified atom stereocenters. The SMILES string of the molecule is COC(=O)N1CCC(NC(=O)CCCOc2ccc(C)cc2)CC1. The number of nitrogens with zero attached hydrogens (tertiary/aromatic N) is 1. The van der Waals surface area contributed by atoms with Crippen LogP contribution < -0.4 is 10.1 Å². The molecule has 1 aromatic rings. The Morgan fingerprint density at radius 3 is 2.50 bits per heavy atom. The Hall–Kier alpha value is -2.24. The van der Waals surface area contributed by atoms with Crippen molar-refractivity contribution in [1.29, 1.82) is 0 Å². The number of rotatable bonds is 6. The molecule has 6 heteroatoms. The molecule has 0 radical (unpaired) electrons. The summed E-state index contributed by atoms with van der Waals surface area (Å²) in [6.07, 6.45) is 2.36. The van der Waals surface area contributed by atoms with Gasteiger partial charge >= 0.3 is 6.09 Å². The van der Waals surface area contributed by atoms with Gasteiger partial charge in [-0.2, -0.15) is 0 Å². The van der Waals surface area contributed by atoms with Crippen LogP contribution in [0.5, 0.6) is 5.75 Å². The molecule has 1 N–H and O–H groups in total. The number of hydrogen-bond acceptors (Lipinski definition) is 4. The van der Waals surface area contributed by atoms with E-state index in [2.05, 4.69) is 5.32 Å². The number of amides is 2. The first kappa shape index (κ1) is 18.1. The fourth-order valence-electron chi connectivity index (χ4n) is 2.69. The Bertz CT molecular complexity index is 536. The van der Waals surface area contributed by atoms with Crippen LogP contribution in [0.15, 0.2) is 24.3 Å². The summed E-state index contributed by atoms with van der Waals surface area (Å²) in [5, 5.41) is 3.03. The van der Waals surface area contributed by atoms with Crippen molar-refractivity contribution in [3.05, 3.63) is 29.8 Å². The Morgan fingerprint density at radius 1 is 1.21 bits per heavy atom. The summed E-state index contributed by atoms with van der Waals surface area (Å²) in [6, 6.07) is 8.01. The topological polar surface area (TPSA) is 67.9 Å². The van der Waals surface area contributed by atoms with Crippen LogP contribution in [0.3, 0.4) is 0 Å². The first-order valence-electron chi connectivity index (χ1n) is 8.40. The van der Waals surface area contributed by atoms with Gasteiger partial charge in [0.15, 0.2) is 0 Å². The van der Waals surface area contributed by atoms with Crippen molar-refractivity contribution in [2.75, 3.05) is 26.8 Å². The Morgan fingerprint density at radius 2 is 1.88 bits per heavy atom. The number of nitrogens with one attached hydrogen (secondary N) is 1. The van der Waals surface area contributed by atoms with Crippen LogP contribution in [0, 0.1) is 6.92 Å². The molecular weight excluding hydrogens is 308 g/mol. The van der Waals surface area contributed by atoms with Gasteiger partial charge in [0.2, 0.25) is 5.91 Å². The number of aryl methyl sites for hydroxylation is 1. The molecule has 2 rings (SSSR count). The van der Waals surface area contributed by atoms with Crippen LogP contribution in [-0.2, 0) is 9.53 Å². The Labute approximate surface area is 143 Å². The lowest BCUT2D eigenvalue weighted by atomic mass is 10.1. The second kappa shape index (κ2) is 9.15. The van der Waals surface area contributed by atoms with Gasteiger partial charge < -0.3 is 19.7 Å². The minimum atomic E-state index is -0.298. The summed E-state index contributed by atoms with van der Waals surface area (Å²) in [5.41, 5.74) is 1.19. The van der Waals surface area contributed by atoms with Crippen LogP contribution >= 0.6 is 0 Å². The van der Waals surface area contributed by atoms with E-state index in [0.717, 1.165) is 18.6 Å². The van der Waals surface area contributed by atoms with Crippen molar-refractivity contribution in [3.63, 3.8) is 0 Å². The molecule has 6 nitrogen and oxygen atoms in total. The predicted molar refractivity (Wildman–Crippen MR) is 91.1 cm³/mol. The van der Waals surface area contributed by atoms with Gasteiger partial charge in [-0.25, -0.2) is 4.79 Å². The van der Waals surface area contributed by atoms with Crippen LogP contribution in [0.2, 0.25) is 0 Å². The Balaban J connectivity index is 1.58. The van der Waals surface area contributed by atoms with E-state index >= 15 is 0 Å². The molecule has 0 spiro atoms. The number of piperidine rings is 1. The third-order valence-electron chi connectivity index (χ3n) is 4.13. The standard InChI is InChI=1S/C18H26N2O4/c1-14-5-7-16(8-6-14)24-13-3-4-17(21)19-15-9-11-20(12-10-15)18(22)23-2/h5-8,15H,3-4,9-13H2,1-2H3,(H,19,21). The number of carbonyl (C=O) groups excluding carboxylic acids is 2. The molecule has 1 saturated heterocycles. The minimum Gasteiger partial charge on any atom is -0.494 e. The molecule has 132 valence electrons. The molecule has 1 aliphatic rings. The highest BCUT2D eigenvalue weighted by Gasteiger charge is 2.23. The summed E-state index contributed by atoms with van der Waals surface area (Å²) < 4.78 is 10.3. The van der Waals surface area contributed by atoms with Crippen LogP contribution in [0.4, 0.5) is 4.79 Å². The average molecular weight is 334 g/mol. The summed E-state index contributed by atoms with van der Waals surface area (Å²) >= 11 is 0. The summed E-state index contributed by atoms with van der Waals surface area (Å²) in [7, 11) is 1.38. The average Bonchev–Trinajstić information content (AvgIpc) is 2.60. The van der Waals surface area contributed by atoms with E-state index in [0.29, 0.717) is 32.5 Å². The largest absolute Gasteiger partial charge is 0.494 e. The highest BCUT2D eigenvalue weighted by atomic mass is 16.5. The van der Waals surface area contributed by atoms with E-state index in [-0.39, 0.29) is 18.0 Å². The first-order valence-corrected chi connectivity index (χ1v) is 8.40. The molecule has 24 heavy (non-hydrogen) atoms. The number of ether oxygens (including phenoxy) is 2. The van der Waals surface area contributed by atoms with Crippen LogP contribution in [0.25, 0.3) is 0 Å². The molecule has 0 bridgehead atoms. The second-order valence-electron chi connectivity index (χ2n) is 6.06. The lowest BCUT2D eigenvalue weighted by Crippen LogP contribution is -2.46. The number of methoxy groups -OCH3 is 1. The molecule has 2 amide bonds. The molecule has 1 fully saturated rings. The third kappa shape index (κ3) is 5.76. The van der Waals surface area contributed by atoms with Gasteiger partial charge in [0.05, 0.1) is 13.7 Å². The molecule has 0 atom stereocenters. The highest BCUT2D eigenvalue weighted by Crippen LogP contribution is 2.13. The van der Waals surface area contributed by atoms with Crippen molar-refractivity contribution < 1.29 is 19.1 Å². The minimum absolute atomic E-state index is 0.0408. The zero-order chi connectivity index (χ0) is 17.4. The summed E-state index contributed by atoms with van der Waals surface area (Å²) in [6.45, 7) is 3.79. The molecule has 0 aromatic heterocycles. The zero-order valence-electron chi connectivity index (χ0n) is 14.4. The van der Waals surface area contributed by atoms with Crippen molar-refractivity contribution in [1.82, 2.24) is 10.2 Å². The molecule has 1 heterocycles. The molecule has 1 aliphatic heterocycles. The smallest absolute Gasteiger partial charge is 0.409 e. The van der Waals surface area contributed by atoms with Crippen molar-refractivity contribution in [2.24, 2.45) is 0 Å². The van der Waals surface area contributed by atoms with Crippen molar-refractivity contribution in [3.8, 4) is 5.75 Å².